The molecule has 1 aromatic carbocycles. The van der Waals surface area contributed by atoms with Crippen LogP contribution in [-0.2, 0) is 0 Å². The highest BCUT2D eigenvalue weighted by Crippen LogP contribution is 2.36. The molecule has 1 N–H and O–H groups in total. The molecule has 1 nitrogen and oxygen atoms in total. The van der Waals surface area contributed by atoms with E-state index in [1.165, 1.54) is 24.2 Å². The molecule has 1 aromatic rings. The zero-order valence-electron chi connectivity index (χ0n) is 13.4. The predicted octanol–water partition coefficient (Wildman–Crippen LogP) is 5.48. The van der Waals surface area contributed by atoms with Crippen molar-refractivity contribution in [2.75, 3.05) is 12.3 Å². The fourth-order valence-electron chi connectivity index (χ4n) is 3.30. The Labute approximate surface area is 139 Å². The van der Waals surface area contributed by atoms with Crippen LogP contribution in [0, 0.1) is 17.8 Å². The van der Waals surface area contributed by atoms with Crippen LogP contribution in [0.3, 0.4) is 0 Å². The number of thioether (sulfide) groups is 1. The van der Waals surface area contributed by atoms with Gasteiger partial charge < -0.3 is 5.32 Å². The maximum Gasteiger partial charge on any atom is 0.0406 e. The number of hydrogen-bond acceptors (Lipinski definition) is 2. The summed E-state index contributed by atoms with van der Waals surface area (Å²) >= 11 is 7.91. The lowest BCUT2D eigenvalue weighted by atomic mass is 9.73. The van der Waals surface area contributed by atoms with Gasteiger partial charge in [0, 0.05) is 21.7 Å². The third-order valence-electron chi connectivity index (χ3n) is 4.92. The van der Waals surface area contributed by atoms with E-state index in [-0.39, 0.29) is 0 Å². The second kappa shape index (κ2) is 8.45. The van der Waals surface area contributed by atoms with Crippen molar-refractivity contribution in [2.24, 2.45) is 17.8 Å². The average Bonchev–Trinajstić information content (AvgIpc) is 2.48. The van der Waals surface area contributed by atoms with Gasteiger partial charge in [0.1, 0.15) is 0 Å². The molecule has 0 amide bonds. The van der Waals surface area contributed by atoms with E-state index in [2.05, 4.69) is 38.2 Å². The third kappa shape index (κ3) is 5.19. The Morgan fingerprint density at radius 1 is 1.19 bits per heavy atom. The van der Waals surface area contributed by atoms with E-state index in [0.717, 1.165) is 35.1 Å². The Morgan fingerprint density at radius 3 is 2.52 bits per heavy atom. The maximum atomic E-state index is 5.95. The van der Waals surface area contributed by atoms with Gasteiger partial charge in [0.2, 0.25) is 0 Å². The SMILES string of the molecule is CCNC(CSc1ccc(Cl)cc1)C1CCC(C)C(C)C1. The molecule has 1 saturated carbocycles. The standard InChI is InChI=1S/C18H28ClNS/c1-4-20-18(15-6-5-13(2)14(3)11-15)12-21-17-9-7-16(19)8-10-17/h7-10,13-15,18,20H,4-6,11-12H2,1-3H3. The fourth-order valence-corrected chi connectivity index (χ4v) is 4.51. The molecule has 1 aliphatic carbocycles. The predicted molar refractivity (Wildman–Crippen MR) is 95.3 cm³/mol. The smallest absolute Gasteiger partial charge is 0.0406 e. The molecule has 0 aliphatic heterocycles. The highest BCUT2D eigenvalue weighted by Gasteiger charge is 2.29. The Morgan fingerprint density at radius 2 is 1.90 bits per heavy atom. The van der Waals surface area contributed by atoms with E-state index in [0.29, 0.717) is 6.04 Å². The van der Waals surface area contributed by atoms with Crippen molar-refractivity contribution < 1.29 is 0 Å². The van der Waals surface area contributed by atoms with Crippen LogP contribution >= 0.6 is 23.4 Å². The lowest BCUT2D eigenvalue weighted by molar-refractivity contribution is 0.179. The zero-order valence-corrected chi connectivity index (χ0v) is 15.0. The molecule has 1 fully saturated rings. The third-order valence-corrected chi connectivity index (χ3v) is 6.30. The summed E-state index contributed by atoms with van der Waals surface area (Å²) < 4.78 is 0. The number of halogens is 1. The Kier molecular flexibility index (Phi) is 6.91. The van der Waals surface area contributed by atoms with E-state index in [1.54, 1.807) is 0 Å². The van der Waals surface area contributed by atoms with E-state index >= 15 is 0 Å². The lowest BCUT2D eigenvalue weighted by Crippen LogP contribution is -2.41. The molecular weight excluding hydrogens is 298 g/mol. The molecule has 3 heteroatoms. The van der Waals surface area contributed by atoms with Crippen LogP contribution in [0.5, 0.6) is 0 Å². The lowest BCUT2D eigenvalue weighted by Gasteiger charge is -2.37. The average molecular weight is 326 g/mol. The van der Waals surface area contributed by atoms with Crippen LogP contribution in [-0.4, -0.2) is 18.3 Å². The number of rotatable bonds is 6. The van der Waals surface area contributed by atoms with E-state index < -0.39 is 0 Å². The van der Waals surface area contributed by atoms with Crippen LogP contribution in [0.15, 0.2) is 29.2 Å². The molecule has 1 aliphatic rings. The highest BCUT2D eigenvalue weighted by atomic mass is 35.5. The van der Waals surface area contributed by atoms with Crippen molar-refractivity contribution in [1.29, 1.82) is 0 Å². The molecule has 21 heavy (non-hydrogen) atoms. The minimum absolute atomic E-state index is 0.630. The van der Waals surface area contributed by atoms with Crippen molar-refractivity contribution >= 4 is 23.4 Å². The van der Waals surface area contributed by atoms with Gasteiger partial charge >= 0.3 is 0 Å². The Bertz CT molecular complexity index is 420. The quantitative estimate of drug-likeness (QED) is 0.695. The molecule has 118 valence electrons. The number of benzene rings is 1. The molecule has 0 spiro atoms. The summed E-state index contributed by atoms with van der Waals surface area (Å²) in [5, 5.41) is 4.54. The first-order valence-corrected chi connectivity index (χ1v) is 9.58. The number of nitrogens with one attached hydrogen (secondary N) is 1. The minimum atomic E-state index is 0.630. The normalized spacial score (nSPS) is 27.5. The first-order chi connectivity index (χ1) is 10.1. The zero-order chi connectivity index (χ0) is 15.2. The van der Waals surface area contributed by atoms with E-state index in [9.17, 15) is 0 Å². The molecule has 0 saturated heterocycles. The van der Waals surface area contributed by atoms with Crippen LogP contribution in [0.1, 0.15) is 40.0 Å². The fraction of sp³-hybridized carbons (Fsp3) is 0.667. The highest BCUT2D eigenvalue weighted by molar-refractivity contribution is 7.99. The first-order valence-electron chi connectivity index (χ1n) is 8.22. The van der Waals surface area contributed by atoms with Gasteiger partial charge in [-0.3, -0.25) is 0 Å². The Hall–Kier alpha value is -0.180. The van der Waals surface area contributed by atoms with Gasteiger partial charge in [0.25, 0.3) is 0 Å². The van der Waals surface area contributed by atoms with Crippen LogP contribution in [0.2, 0.25) is 5.02 Å². The topological polar surface area (TPSA) is 12.0 Å². The second-order valence-corrected chi connectivity index (χ2v) is 7.99. The summed E-state index contributed by atoms with van der Waals surface area (Å²) in [6.45, 7) is 8.11. The van der Waals surface area contributed by atoms with Gasteiger partial charge in [-0.1, -0.05) is 38.8 Å². The maximum absolute atomic E-state index is 5.95. The number of hydrogen-bond donors (Lipinski definition) is 1. The van der Waals surface area contributed by atoms with Gasteiger partial charge in [-0.2, -0.15) is 0 Å². The van der Waals surface area contributed by atoms with Crippen LogP contribution < -0.4 is 5.32 Å². The monoisotopic (exact) mass is 325 g/mol. The van der Waals surface area contributed by atoms with Gasteiger partial charge in [-0.25, -0.2) is 0 Å². The van der Waals surface area contributed by atoms with Gasteiger partial charge in [-0.05, 0) is 61.4 Å². The van der Waals surface area contributed by atoms with Crippen molar-refractivity contribution in [3.63, 3.8) is 0 Å². The van der Waals surface area contributed by atoms with Gasteiger partial charge in [0.15, 0.2) is 0 Å². The largest absolute Gasteiger partial charge is 0.313 e. The van der Waals surface area contributed by atoms with E-state index in [1.807, 2.05) is 23.9 Å². The Balaban J connectivity index is 1.91. The summed E-state index contributed by atoms with van der Waals surface area (Å²) in [6, 6.07) is 8.85. The molecule has 0 aromatic heterocycles. The molecule has 0 radical (unpaired) electrons. The molecule has 4 unspecified atom stereocenters. The van der Waals surface area contributed by atoms with Crippen molar-refractivity contribution in [3.05, 3.63) is 29.3 Å². The second-order valence-electron chi connectivity index (χ2n) is 6.46. The van der Waals surface area contributed by atoms with Crippen molar-refractivity contribution in [1.82, 2.24) is 5.32 Å². The molecule has 0 heterocycles. The van der Waals surface area contributed by atoms with Gasteiger partial charge in [-0.15, -0.1) is 11.8 Å². The van der Waals surface area contributed by atoms with Crippen LogP contribution in [0.4, 0.5) is 0 Å². The van der Waals surface area contributed by atoms with Gasteiger partial charge in [0.05, 0.1) is 0 Å². The van der Waals surface area contributed by atoms with Crippen LogP contribution in [0.25, 0.3) is 0 Å². The molecule has 2 rings (SSSR count). The summed E-state index contributed by atoms with van der Waals surface area (Å²) in [5.74, 6) is 3.75. The molecule has 4 atom stereocenters. The summed E-state index contributed by atoms with van der Waals surface area (Å²) in [7, 11) is 0. The first kappa shape index (κ1) is 17.2. The van der Waals surface area contributed by atoms with Crippen molar-refractivity contribution in [2.45, 2.75) is 51.0 Å². The minimum Gasteiger partial charge on any atom is -0.313 e. The molecule has 0 bridgehead atoms. The van der Waals surface area contributed by atoms with Crippen molar-refractivity contribution in [3.8, 4) is 0 Å². The summed E-state index contributed by atoms with van der Waals surface area (Å²) in [5.41, 5.74) is 0. The van der Waals surface area contributed by atoms with E-state index in [4.69, 9.17) is 11.6 Å². The summed E-state index contributed by atoms with van der Waals surface area (Å²) in [4.78, 5) is 1.32. The summed E-state index contributed by atoms with van der Waals surface area (Å²) in [6.07, 6.45) is 4.14. The molecular formula is C18H28ClNS.